The van der Waals surface area contributed by atoms with Crippen LogP contribution in [-0.4, -0.2) is 49.7 Å². The lowest BCUT2D eigenvalue weighted by atomic mass is 10.3. The molecule has 1 amide bonds. The molecule has 0 aromatic heterocycles. The summed E-state index contributed by atoms with van der Waals surface area (Å²) in [6.45, 7) is 2.62. The Morgan fingerprint density at radius 2 is 1.76 bits per heavy atom. The van der Waals surface area contributed by atoms with Crippen LogP contribution in [0.5, 0.6) is 0 Å². The topological polar surface area (TPSA) is 83.7 Å². The zero-order valence-electron chi connectivity index (χ0n) is 11.3. The quantitative estimate of drug-likeness (QED) is 0.816. The molecule has 0 spiro atoms. The Balaban J connectivity index is 2.28. The lowest BCUT2D eigenvalue weighted by molar-refractivity contribution is -0.129. The number of carbonyl (C=O) groups is 1. The number of carbonyl (C=O) groups excluding carboxylic acids is 1. The Hall–Kier alpha value is -1.02. The molecule has 6 nitrogen and oxygen atoms in total. The molecule has 1 aliphatic heterocycles. The number of halogens is 2. The Morgan fingerprint density at radius 3 is 2.29 bits per heavy atom. The van der Waals surface area contributed by atoms with E-state index in [1.165, 1.54) is 23.4 Å². The predicted octanol–water partition coefficient (Wildman–Crippen LogP) is 1.43. The number of nitrogens with zero attached hydrogens (tertiary/aromatic N) is 2. The first kappa shape index (κ1) is 16.4. The number of amides is 1. The molecular formula is C12H15Cl2N3O3S. The van der Waals surface area contributed by atoms with E-state index >= 15 is 0 Å². The molecule has 0 saturated carbocycles. The summed E-state index contributed by atoms with van der Waals surface area (Å²) >= 11 is 11.8. The van der Waals surface area contributed by atoms with E-state index in [4.69, 9.17) is 28.9 Å². The Labute approximate surface area is 133 Å². The van der Waals surface area contributed by atoms with E-state index in [2.05, 4.69) is 0 Å². The molecule has 1 heterocycles. The van der Waals surface area contributed by atoms with Crippen molar-refractivity contribution in [3.05, 3.63) is 22.2 Å². The maximum Gasteiger partial charge on any atom is 0.244 e. The normalized spacial score (nSPS) is 17.0. The van der Waals surface area contributed by atoms with Gasteiger partial charge in [-0.1, -0.05) is 23.2 Å². The highest BCUT2D eigenvalue weighted by molar-refractivity contribution is 7.89. The predicted molar refractivity (Wildman–Crippen MR) is 81.9 cm³/mol. The molecule has 0 aliphatic carbocycles. The van der Waals surface area contributed by atoms with Crippen molar-refractivity contribution in [1.82, 2.24) is 9.21 Å². The average molecular weight is 352 g/mol. The summed E-state index contributed by atoms with van der Waals surface area (Å²) in [7, 11) is -3.76. The van der Waals surface area contributed by atoms with Crippen molar-refractivity contribution in [1.29, 1.82) is 0 Å². The highest BCUT2D eigenvalue weighted by Gasteiger charge is 2.31. The van der Waals surface area contributed by atoms with Gasteiger partial charge in [-0.3, -0.25) is 4.79 Å². The SMILES string of the molecule is CC(=O)N1CCN(S(=O)(=O)c2ccc(Cl)c(N)c2Cl)CC1. The molecule has 0 atom stereocenters. The van der Waals surface area contributed by atoms with Crippen LogP contribution >= 0.6 is 23.2 Å². The zero-order valence-corrected chi connectivity index (χ0v) is 13.7. The monoisotopic (exact) mass is 351 g/mol. The molecule has 0 bridgehead atoms. The molecular weight excluding hydrogens is 337 g/mol. The van der Waals surface area contributed by atoms with Crippen LogP contribution in [0.25, 0.3) is 0 Å². The number of hydrogen-bond acceptors (Lipinski definition) is 4. The molecule has 1 aliphatic rings. The van der Waals surface area contributed by atoms with Gasteiger partial charge in [0.2, 0.25) is 15.9 Å². The highest BCUT2D eigenvalue weighted by Crippen LogP contribution is 2.34. The first-order chi connectivity index (χ1) is 9.75. The van der Waals surface area contributed by atoms with Gasteiger partial charge in [-0.2, -0.15) is 4.31 Å². The van der Waals surface area contributed by atoms with Gasteiger partial charge < -0.3 is 10.6 Å². The number of rotatable bonds is 2. The maximum absolute atomic E-state index is 12.6. The van der Waals surface area contributed by atoms with Gasteiger partial charge in [0.25, 0.3) is 0 Å². The van der Waals surface area contributed by atoms with Crippen LogP contribution < -0.4 is 5.73 Å². The fourth-order valence-electron chi connectivity index (χ4n) is 2.13. The van der Waals surface area contributed by atoms with Crippen LogP contribution in [-0.2, 0) is 14.8 Å². The number of nitrogen functional groups attached to an aromatic ring is 1. The summed E-state index contributed by atoms with van der Waals surface area (Å²) in [5.41, 5.74) is 5.71. The molecule has 1 saturated heterocycles. The second-order valence-corrected chi connectivity index (χ2v) is 7.37. The van der Waals surface area contributed by atoms with E-state index in [1.54, 1.807) is 4.90 Å². The maximum atomic E-state index is 12.6. The number of nitrogens with two attached hydrogens (primary N) is 1. The summed E-state index contributed by atoms with van der Waals surface area (Å²) < 4.78 is 26.5. The minimum atomic E-state index is -3.76. The van der Waals surface area contributed by atoms with Gasteiger partial charge in [0.1, 0.15) is 4.90 Å². The van der Waals surface area contributed by atoms with Gasteiger partial charge in [-0.15, -0.1) is 0 Å². The number of benzene rings is 1. The van der Waals surface area contributed by atoms with E-state index in [0.717, 1.165) is 0 Å². The minimum Gasteiger partial charge on any atom is -0.396 e. The molecule has 21 heavy (non-hydrogen) atoms. The van der Waals surface area contributed by atoms with Crippen LogP contribution in [0.4, 0.5) is 5.69 Å². The van der Waals surface area contributed by atoms with Crippen molar-refractivity contribution in [2.75, 3.05) is 31.9 Å². The van der Waals surface area contributed by atoms with Gasteiger partial charge in [-0.05, 0) is 12.1 Å². The van der Waals surface area contributed by atoms with Gasteiger partial charge >= 0.3 is 0 Å². The molecule has 1 fully saturated rings. The van der Waals surface area contributed by atoms with Gasteiger partial charge in [0, 0.05) is 33.1 Å². The van der Waals surface area contributed by atoms with Crippen molar-refractivity contribution in [3.63, 3.8) is 0 Å². The van der Waals surface area contributed by atoms with Crippen molar-refractivity contribution in [2.24, 2.45) is 0 Å². The number of anilines is 1. The Bertz CT molecular complexity index is 671. The number of hydrogen-bond donors (Lipinski definition) is 1. The molecule has 2 rings (SSSR count). The summed E-state index contributed by atoms with van der Waals surface area (Å²) in [4.78, 5) is 12.8. The van der Waals surface area contributed by atoms with E-state index in [9.17, 15) is 13.2 Å². The van der Waals surface area contributed by atoms with Crippen molar-refractivity contribution in [2.45, 2.75) is 11.8 Å². The summed E-state index contributed by atoms with van der Waals surface area (Å²) in [5, 5.41) is 0.136. The van der Waals surface area contributed by atoms with Gasteiger partial charge in [0.05, 0.1) is 15.7 Å². The lowest BCUT2D eigenvalue weighted by Crippen LogP contribution is -2.49. The second kappa shape index (κ2) is 6.00. The highest BCUT2D eigenvalue weighted by atomic mass is 35.5. The fourth-order valence-corrected chi connectivity index (χ4v) is 4.29. The van der Waals surface area contributed by atoms with E-state index in [1.807, 2.05) is 0 Å². The summed E-state index contributed by atoms with van der Waals surface area (Å²) in [5.74, 6) is -0.0687. The molecule has 1 aromatic carbocycles. The third kappa shape index (κ3) is 3.11. The van der Waals surface area contributed by atoms with Crippen LogP contribution in [0.15, 0.2) is 17.0 Å². The lowest BCUT2D eigenvalue weighted by Gasteiger charge is -2.33. The van der Waals surface area contributed by atoms with Crippen molar-refractivity contribution >= 4 is 44.8 Å². The standard InChI is InChI=1S/C12H15Cl2N3O3S/c1-8(18)16-4-6-17(7-5-16)21(19,20)10-3-2-9(13)12(15)11(10)14/h2-3H,4-7,15H2,1H3. The van der Waals surface area contributed by atoms with Crippen LogP contribution in [0.2, 0.25) is 10.0 Å². The van der Waals surface area contributed by atoms with E-state index in [-0.39, 0.29) is 39.6 Å². The molecule has 1 aromatic rings. The van der Waals surface area contributed by atoms with Crippen molar-refractivity contribution < 1.29 is 13.2 Å². The largest absolute Gasteiger partial charge is 0.396 e. The fraction of sp³-hybridized carbons (Fsp3) is 0.417. The Kier molecular flexibility index (Phi) is 4.67. The average Bonchev–Trinajstić information content (AvgIpc) is 2.44. The molecule has 116 valence electrons. The summed E-state index contributed by atoms with van der Waals surface area (Å²) in [6, 6.07) is 2.75. The molecule has 0 radical (unpaired) electrons. The zero-order chi connectivity index (χ0) is 15.8. The minimum absolute atomic E-state index is 0.0433. The molecule has 9 heteroatoms. The van der Waals surface area contributed by atoms with Gasteiger partial charge in [0.15, 0.2) is 0 Å². The number of sulfonamides is 1. The van der Waals surface area contributed by atoms with E-state index in [0.29, 0.717) is 13.1 Å². The third-order valence-corrected chi connectivity index (χ3v) is 6.18. The first-order valence-corrected chi connectivity index (χ1v) is 8.44. The first-order valence-electron chi connectivity index (χ1n) is 6.24. The van der Waals surface area contributed by atoms with Crippen LogP contribution in [0, 0.1) is 0 Å². The second-order valence-electron chi connectivity index (χ2n) is 4.68. The Morgan fingerprint density at radius 1 is 1.19 bits per heavy atom. The summed E-state index contributed by atoms with van der Waals surface area (Å²) in [6.07, 6.45) is 0. The number of piperazine rings is 1. The van der Waals surface area contributed by atoms with Crippen molar-refractivity contribution in [3.8, 4) is 0 Å². The van der Waals surface area contributed by atoms with Crippen LogP contribution in [0.3, 0.4) is 0 Å². The third-order valence-electron chi connectivity index (χ3n) is 3.39. The van der Waals surface area contributed by atoms with Crippen LogP contribution in [0.1, 0.15) is 6.92 Å². The van der Waals surface area contributed by atoms with Gasteiger partial charge in [-0.25, -0.2) is 8.42 Å². The molecule has 2 N–H and O–H groups in total. The van der Waals surface area contributed by atoms with E-state index < -0.39 is 10.0 Å². The molecule has 0 unspecified atom stereocenters. The smallest absolute Gasteiger partial charge is 0.244 e.